The highest BCUT2D eigenvalue weighted by Crippen LogP contribution is 2.28. The molecule has 0 radical (unpaired) electrons. The molecule has 1 atom stereocenters. The van der Waals surface area contributed by atoms with Crippen molar-refractivity contribution < 1.29 is 9.59 Å². The average Bonchev–Trinajstić information content (AvgIpc) is 2.87. The number of thioether (sulfide) groups is 1. The lowest BCUT2D eigenvalue weighted by Gasteiger charge is -2.32. The second-order valence-corrected chi connectivity index (χ2v) is 11.3. The maximum absolute atomic E-state index is 13.8. The highest BCUT2D eigenvalue weighted by Gasteiger charge is 2.31. The predicted octanol–water partition coefficient (Wildman–Crippen LogP) is 6.95. The van der Waals surface area contributed by atoms with Crippen LogP contribution in [0.25, 0.3) is 0 Å². The number of aryl methyl sites for hydroxylation is 1. The Bertz CT molecular complexity index is 1170. The Kier molecular flexibility index (Phi) is 11.4. The molecule has 0 fully saturated rings. The quantitative estimate of drug-likeness (QED) is 0.262. The number of carbonyl (C=O) groups excluding carboxylic acids is 2. The number of hydrogen-bond donors (Lipinski definition) is 1. The van der Waals surface area contributed by atoms with E-state index in [1.165, 1.54) is 11.1 Å². The molecule has 0 aliphatic carbocycles. The van der Waals surface area contributed by atoms with Gasteiger partial charge in [0.1, 0.15) is 6.04 Å². The minimum absolute atomic E-state index is 0.129. The van der Waals surface area contributed by atoms with E-state index in [2.05, 4.69) is 24.4 Å². The van der Waals surface area contributed by atoms with Gasteiger partial charge in [-0.2, -0.15) is 0 Å². The van der Waals surface area contributed by atoms with Crippen LogP contribution >= 0.6 is 35.0 Å². The van der Waals surface area contributed by atoms with Gasteiger partial charge in [-0.25, -0.2) is 0 Å². The van der Waals surface area contributed by atoms with E-state index in [1.54, 1.807) is 34.9 Å². The molecule has 3 aromatic carbocycles. The van der Waals surface area contributed by atoms with Gasteiger partial charge in [0.2, 0.25) is 11.8 Å². The number of carbonyl (C=O) groups is 2. The summed E-state index contributed by atoms with van der Waals surface area (Å²) in [5.41, 5.74) is 3.99. The zero-order valence-electron chi connectivity index (χ0n) is 21.5. The molecule has 0 heterocycles. The van der Waals surface area contributed by atoms with Gasteiger partial charge in [-0.3, -0.25) is 9.59 Å². The topological polar surface area (TPSA) is 49.4 Å². The van der Waals surface area contributed by atoms with E-state index in [9.17, 15) is 9.59 Å². The lowest BCUT2D eigenvalue weighted by atomic mass is 10.0. The normalized spacial score (nSPS) is 11.8. The Morgan fingerprint density at radius 2 is 1.57 bits per heavy atom. The van der Waals surface area contributed by atoms with Crippen LogP contribution in [0.5, 0.6) is 0 Å². The van der Waals surface area contributed by atoms with Crippen molar-refractivity contribution in [1.82, 2.24) is 10.2 Å². The summed E-state index contributed by atoms with van der Waals surface area (Å²) in [6.07, 6.45) is 0.390. The van der Waals surface area contributed by atoms with E-state index >= 15 is 0 Å². The van der Waals surface area contributed by atoms with Crippen LogP contribution in [-0.2, 0) is 28.3 Å². The van der Waals surface area contributed by atoms with E-state index in [-0.39, 0.29) is 30.0 Å². The largest absolute Gasteiger partial charge is 0.354 e. The molecule has 0 saturated carbocycles. The minimum Gasteiger partial charge on any atom is -0.354 e. The summed E-state index contributed by atoms with van der Waals surface area (Å²) >= 11 is 14.5. The van der Waals surface area contributed by atoms with Crippen molar-refractivity contribution in [3.8, 4) is 0 Å². The highest BCUT2D eigenvalue weighted by molar-refractivity contribution is 7.99. The molecule has 2 amide bonds. The van der Waals surface area contributed by atoms with Crippen LogP contribution in [0, 0.1) is 12.8 Å². The van der Waals surface area contributed by atoms with Crippen molar-refractivity contribution in [2.75, 3.05) is 12.3 Å². The molecule has 196 valence electrons. The molecular weight excluding hydrogens is 523 g/mol. The first-order valence-corrected chi connectivity index (χ1v) is 14.3. The van der Waals surface area contributed by atoms with E-state index < -0.39 is 6.04 Å². The summed E-state index contributed by atoms with van der Waals surface area (Å²) < 4.78 is 0. The van der Waals surface area contributed by atoms with Gasteiger partial charge in [0, 0.05) is 40.9 Å². The Morgan fingerprint density at radius 1 is 0.919 bits per heavy atom. The van der Waals surface area contributed by atoms with Gasteiger partial charge in [0.05, 0.1) is 5.75 Å². The molecule has 0 aliphatic heterocycles. The number of halogens is 2. The zero-order valence-corrected chi connectivity index (χ0v) is 23.9. The Balaban J connectivity index is 1.90. The second-order valence-electron chi connectivity index (χ2n) is 9.49. The third-order valence-corrected chi connectivity index (χ3v) is 7.76. The monoisotopic (exact) mass is 556 g/mol. The molecule has 37 heavy (non-hydrogen) atoms. The first-order chi connectivity index (χ1) is 17.8. The van der Waals surface area contributed by atoms with E-state index in [1.807, 2.05) is 56.3 Å². The number of rotatable bonds is 12. The smallest absolute Gasteiger partial charge is 0.243 e. The SMILES string of the molecule is Cc1ccccc1CSCC(=O)N(Cc1c(Cl)cccc1Cl)[C@@H](Cc1ccccc1)C(=O)NCC(C)C. The third-order valence-electron chi connectivity index (χ3n) is 6.09. The molecule has 3 aromatic rings. The van der Waals surface area contributed by atoms with Crippen LogP contribution in [0.4, 0.5) is 0 Å². The molecule has 4 nitrogen and oxygen atoms in total. The molecule has 0 aliphatic rings. The Hall–Kier alpha value is -2.47. The minimum atomic E-state index is -0.708. The fraction of sp³-hybridized carbons (Fsp3) is 0.333. The molecule has 3 rings (SSSR count). The number of amides is 2. The lowest BCUT2D eigenvalue weighted by Crippen LogP contribution is -2.51. The van der Waals surface area contributed by atoms with Gasteiger partial charge in [-0.15, -0.1) is 11.8 Å². The maximum atomic E-state index is 13.8. The molecule has 1 N–H and O–H groups in total. The Labute approximate surface area is 234 Å². The Morgan fingerprint density at radius 3 is 2.22 bits per heavy atom. The summed E-state index contributed by atoms with van der Waals surface area (Å²) in [6.45, 7) is 6.83. The number of benzene rings is 3. The fourth-order valence-corrected chi connectivity index (χ4v) is 5.44. The molecular formula is C30H34Cl2N2O2S. The van der Waals surface area contributed by atoms with Gasteiger partial charge in [-0.1, -0.05) is 97.7 Å². The van der Waals surface area contributed by atoms with E-state index in [0.717, 1.165) is 5.56 Å². The summed E-state index contributed by atoms with van der Waals surface area (Å²) in [4.78, 5) is 28.9. The average molecular weight is 558 g/mol. The van der Waals surface area contributed by atoms with Crippen LogP contribution < -0.4 is 5.32 Å². The van der Waals surface area contributed by atoms with Crippen molar-refractivity contribution in [3.63, 3.8) is 0 Å². The van der Waals surface area contributed by atoms with Crippen molar-refractivity contribution in [3.05, 3.63) is 105 Å². The van der Waals surface area contributed by atoms with Gasteiger partial charge < -0.3 is 10.2 Å². The molecule has 0 spiro atoms. The molecule has 0 saturated heterocycles. The third kappa shape index (κ3) is 8.80. The predicted molar refractivity (Wildman–Crippen MR) is 156 cm³/mol. The fourth-order valence-electron chi connectivity index (χ4n) is 3.93. The van der Waals surface area contributed by atoms with Crippen LogP contribution in [-0.4, -0.2) is 35.1 Å². The van der Waals surface area contributed by atoms with Crippen LogP contribution in [0.2, 0.25) is 10.0 Å². The highest BCUT2D eigenvalue weighted by atomic mass is 35.5. The number of nitrogens with one attached hydrogen (secondary N) is 1. The molecule has 7 heteroatoms. The van der Waals surface area contributed by atoms with Crippen molar-refractivity contribution in [2.24, 2.45) is 5.92 Å². The maximum Gasteiger partial charge on any atom is 0.243 e. The van der Waals surface area contributed by atoms with Crippen LogP contribution in [0.3, 0.4) is 0 Å². The summed E-state index contributed by atoms with van der Waals surface area (Å²) in [5, 5.41) is 3.98. The second kappa shape index (κ2) is 14.5. The van der Waals surface area contributed by atoms with E-state index in [0.29, 0.717) is 34.3 Å². The van der Waals surface area contributed by atoms with Gasteiger partial charge in [0.15, 0.2) is 0 Å². The van der Waals surface area contributed by atoms with Gasteiger partial charge in [0.25, 0.3) is 0 Å². The van der Waals surface area contributed by atoms with Crippen molar-refractivity contribution in [1.29, 1.82) is 0 Å². The van der Waals surface area contributed by atoms with Gasteiger partial charge in [-0.05, 0) is 41.7 Å². The van der Waals surface area contributed by atoms with Crippen molar-refractivity contribution in [2.45, 2.75) is 45.5 Å². The first-order valence-electron chi connectivity index (χ1n) is 12.4. The zero-order chi connectivity index (χ0) is 26.8. The summed E-state index contributed by atoms with van der Waals surface area (Å²) in [7, 11) is 0. The van der Waals surface area contributed by atoms with Gasteiger partial charge >= 0.3 is 0 Å². The first kappa shape index (κ1) is 29.1. The summed E-state index contributed by atoms with van der Waals surface area (Å²) in [6, 6.07) is 22.5. The van der Waals surface area contributed by atoms with E-state index in [4.69, 9.17) is 23.2 Å². The molecule has 0 aromatic heterocycles. The lowest BCUT2D eigenvalue weighted by molar-refractivity contribution is -0.139. The standard InChI is InChI=1S/C30H34Cl2N2O2S/c1-21(2)17-33-30(36)28(16-23-11-5-4-6-12-23)34(18-25-26(31)14-9-15-27(25)32)29(35)20-37-19-24-13-8-7-10-22(24)3/h4-15,21,28H,16-20H2,1-3H3,(H,33,36)/t28-/m0/s1. The van der Waals surface area contributed by atoms with Crippen molar-refractivity contribution >= 4 is 46.8 Å². The number of nitrogens with zero attached hydrogens (tertiary/aromatic N) is 1. The molecule has 0 unspecified atom stereocenters. The number of hydrogen-bond acceptors (Lipinski definition) is 3. The summed E-state index contributed by atoms with van der Waals surface area (Å²) in [5.74, 6) is 0.919. The molecule has 0 bridgehead atoms. The van der Waals surface area contributed by atoms with Crippen LogP contribution in [0.1, 0.15) is 36.1 Å². The van der Waals surface area contributed by atoms with Crippen LogP contribution in [0.15, 0.2) is 72.8 Å².